The third kappa shape index (κ3) is 24.4. The van der Waals surface area contributed by atoms with Crippen LogP contribution in [0.1, 0.15) is 53.4 Å². The number of hydrogen-bond donors (Lipinski definition) is 0. The molecule has 0 fully saturated rings. The first-order valence-corrected chi connectivity index (χ1v) is 14.7. The van der Waals surface area contributed by atoms with E-state index in [1.54, 1.807) is 0 Å². The minimum Gasteiger partial charge on any atom is -0.691 e. The van der Waals surface area contributed by atoms with Crippen LogP contribution in [-0.4, -0.2) is 26.4 Å². The Labute approximate surface area is 173 Å². The van der Waals surface area contributed by atoms with Crippen LogP contribution in [0.4, 0.5) is 0 Å². The Morgan fingerprint density at radius 3 is 0.913 bits per heavy atom. The van der Waals surface area contributed by atoms with Crippen molar-refractivity contribution in [2.45, 2.75) is 53.4 Å². The van der Waals surface area contributed by atoms with Gasteiger partial charge in [0.2, 0.25) is 0 Å². The van der Waals surface area contributed by atoms with Crippen molar-refractivity contribution in [3.8, 4) is 0 Å². The summed E-state index contributed by atoms with van der Waals surface area (Å²) in [6.07, 6.45) is 3.74. The summed E-state index contributed by atoms with van der Waals surface area (Å²) in [4.78, 5) is 0. The Balaban J connectivity index is -0.000000333. The minimum atomic E-state index is -2.31. The van der Waals surface area contributed by atoms with E-state index < -0.39 is 11.4 Å². The Kier molecular flexibility index (Phi) is 25.0. The summed E-state index contributed by atoms with van der Waals surface area (Å²) in [5.74, 6) is 0. The van der Waals surface area contributed by atoms with Crippen molar-refractivity contribution in [1.29, 1.82) is 0 Å². The predicted molar refractivity (Wildman–Crippen MR) is 108 cm³/mol. The third-order valence-corrected chi connectivity index (χ3v) is 6.34. The van der Waals surface area contributed by atoms with Crippen LogP contribution in [0, 0.1) is 0 Å². The van der Waals surface area contributed by atoms with Gasteiger partial charge >= 0.3 is 17.1 Å². The van der Waals surface area contributed by atoms with E-state index in [1.807, 2.05) is 27.7 Å². The monoisotopic (exact) mass is 489 g/mol. The molecular weight excluding hydrogens is 462 g/mol. The van der Waals surface area contributed by atoms with Crippen LogP contribution in [0.3, 0.4) is 0 Å². The summed E-state index contributed by atoms with van der Waals surface area (Å²) < 4.78 is 20.8. The van der Waals surface area contributed by atoms with Crippen molar-refractivity contribution in [2.24, 2.45) is 0 Å². The molecule has 0 amide bonds. The summed E-state index contributed by atoms with van der Waals surface area (Å²) in [5.41, 5.74) is -4.62. The zero-order valence-electron chi connectivity index (χ0n) is 14.1. The molecule has 0 aromatic heterocycles. The Bertz CT molecular complexity index is 295. The van der Waals surface area contributed by atoms with E-state index in [0.29, 0.717) is 26.4 Å². The maximum Gasteiger partial charge on any atom is 2.00 e. The molecule has 0 rings (SSSR count). The molecule has 145 valence electrons. The van der Waals surface area contributed by atoms with E-state index >= 15 is 0 Å². The van der Waals surface area contributed by atoms with Gasteiger partial charge in [-0.3, -0.25) is 0 Å². The maximum atomic E-state index is 5.20. The summed E-state index contributed by atoms with van der Waals surface area (Å²) in [6, 6.07) is 0. The molecule has 0 N–H and O–H groups in total. The van der Waals surface area contributed by atoms with Gasteiger partial charge in [-0.1, -0.05) is 51.3 Å². The van der Waals surface area contributed by atoms with Crippen molar-refractivity contribution in [1.82, 2.24) is 0 Å². The molecular formula is C12H28CuO4P2S4. The summed E-state index contributed by atoms with van der Waals surface area (Å²) >= 11 is 19.8. The summed E-state index contributed by atoms with van der Waals surface area (Å²) in [5, 5.41) is 0. The van der Waals surface area contributed by atoms with Gasteiger partial charge in [-0.15, -0.1) is 0 Å². The van der Waals surface area contributed by atoms with Crippen molar-refractivity contribution in [3.05, 3.63) is 0 Å². The number of hydrogen-bond acceptors (Lipinski definition) is 8. The van der Waals surface area contributed by atoms with E-state index in [1.165, 1.54) is 0 Å². The van der Waals surface area contributed by atoms with E-state index in [2.05, 4.69) is 0 Å². The van der Waals surface area contributed by atoms with Crippen molar-refractivity contribution in [2.75, 3.05) is 26.4 Å². The summed E-state index contributed by atoms with van der Waals surface area (Å²) in [6.45, 7) is 10.5. The molecule has 0 bridgehead atoms. The molecule has 11 heteroatoms. The van der Waals surface area contributed by atoms with Crippen LogP contribution in [0.2, 0.25) is 0 Å². The Morgan fingerprint density at radius 1 is 0.609 bits per heavy atom. The molecule has 0 aliphatic carbocycles. The molecule has 0 unspecified atom stereocenters. The molecule has 0 saturated heterocycles. The Hall–Kier alpha value is 2.36. The molecule has 0 aromatic carbocycles. The van der Waals surface area contributed by atoms with E-state index in [-0.39, 0.29) is 17.1 Å². The van der Waals surface area contributed by atoms with Gasteiger partial charge in [0.1, 0.15) is 0 Å². The molecule has 4 nitrogen and oxygen atoms in total. The average Bonchev–Trinajstić information content (AvgIpc) is 2.48. The van der Waals surface area contributed by atoms with E-state index in [0.717, 1.165) is 25.7 Å². The predicted octanol–water partition coefficient (Wildman–Crippen LogP) is 5.22. The van der Waals surface area contributed by atoms with E-state index in [9.17, 15) is 0 Å². The third-order valence-electron chi connectivity index (χ3n) is 1.81. The second kappa shape index (κ2) is 19.1. The van der Waals surface area contributed by atoms with Crippen LogP contribution < -0.4 is 0 Å². The quantitative estimate of drug-likeness (QED) is 0.210. The SMILES string of the molecule is CCCOP(=S)([S-])OCCC.CCCOP(=S)([S-])OCCC.[Cu+2]. The second-order valence-electron chi connectivity index (χ2n) is 4.23. The van der Waals surface area contributed by atoms with Crippen LogP contribution in [0.25, 0.3) is 0 Å². The molecule has 0 aromatic rings. The second-order valence-corrected chi connectivity index (χ2v) is 14.2. The van der Waals surface area contributed by atoms with Crippen molar-refractivity contribution in [3.63, 3.8) is 0 Å². The standard InChI is InChI=1S/2C6H15O2PS2.Cu/c2*1-3-5-7-9(10,11)8-6-4-2;/h2*3-6H2,1-2H3,(H,10,11);/q;;+2/p-2. The van der Waals surface area contributed by atoms with Crippen molar-refractivity contribution < 1.29 is 35.2 Å². The molecule has 0 aliphatic rings. The van der Waals surface area contributed by atoms with Crippen LogP contribution >= 0.6 is 11.4 Å². The fourth-order valence-electron chi connectivity index (χ4n) is 0.887. The molecule has 0 aliphatic heterocycles. The van der Waals surface area contributed by atoms with Gasteiger partial charge in [0.25, 0.3) is 0 Å². The minimum absolute atomic E-state index is 0. The van der Waals surface area contributed by atoms with Gasteiger partial charge in [0, 0.05) is 0 Å². The van der Waals surface area contributed by atoms with Crippen LogP contribution in [-0.2, 0) is 83.3 Å². The summed E-state index contributed by atoms with van der Waals surface area (Å²) in [7, 11) is 0. The number of rotatable bonds is 12. The molecule has 0 saturated carbocycles. The van der Waals surface area contributed by atoms with Gasteiger partial charge < -0.3 is 42.6 Å². The largest absolute Gasteiger partial charge is 2.00 e. The van der Waals surface area contributed by atoms with Gasteiger partial charge in [0.15, 0.2) is 0 Å². The van der Waals surface area contributed by atoms with Crippen LogP contribution in [0.15, 0.2) is 0 Å². The van der Waals surface area contributed by atoms with Gasteiger partial charge in [-0.2, -0.15) is 0 Å². The normalized spacial score (nSPS) is 11.4. The van der Waals surface area contributed by atoms with E-state index in [4.69, 9.17) is 66.2 Å². The first kappa shape index (κ1) is 30.1. The molecule has 0 atom stereocenters. The Morgan fingerprint density at radius 2 is 0.783 bits per heavy atom. The molecule has 23 heavy (non-hydrogen) atoms. The van der Waals surface area contributed by atoms with Gasteiger partial charge in [-0.05, 0) is 25.7 Å². The smallest absolute Gasteiger partial charge is 0.691 e. The first-order valence-electron chi connectivity index (χ1n) is 7.44. The first-order chi connectivity index (χ1) is 10.2. The molecule has 1 radical (unpaired) electrons. The fraction of sp³-hybridized carbons (Fsp3) is 1.00. The zero-order valence-corrected chi connectivity index (χ0v) is 20.1. The average molecular weight is 490 g/mol. The maximum absolute atomic E-state index is 5.20. The topological polar surface area (TPSA) is 36.9 Å². The zero-order chi connectivity index (χ0) is 17.5. The fourth-order valence-corrected chi connectivity index (χ4v) is 4.45. The van der Waals surface area contributed by atoms with Crippen molar-refractivity contribution >= 4 is 59.5 Å². The van der Waals surface area contributed by atoms with Crippen LogP contribution in [0.5, 0.6) is 0 Å². The molecule has 0 heterocycles. The van der Waals surface area contributed by atoms with Gasteiger partial charge in [0.05, 0.1) is 37.8 Å². The van der Waals surface area contributed by atoms with Gasteiger partial charge in [-0.25, -0.2) is 0 Å². The molecule has 0 spiro atoms.